The number of carbonyl (C=O) groups is 2. The first-order chi connectivity index (χ1) is 15.3. The summed E-state index contributed by atoms with van der Waals surface area (Å²) >= 11 is 0. The molecule has 0 spiro atoms. The molecule has 172 valence electrons. The molecule has 0 radical (unpaired) electrons. The van der Waals surface area contributed by atoms with Crippen molar-refractivity contribution in [3.63, 3.8) is 0 Å². The number of amides is 2. The molecule has 0 unspecified atom stereocenters. The Balaban J connectivity index is 1.41. The third-order valence-corrected chi connectivity index (χ3v) is 8.05. The molecule has 1 N–H and O–H groups in total. The number of nitrogens with zero attached hydrogens (tertiary/aromatic N) is 3. The van der Waals surface area contributed by atoms with Gasteiger partial charge < -0.3 is 14.8 Å². The van der Waals surface area contributed by atoms with Crippen LogP contribution in [0.4, 0.5) is 10.1 Å². The van der Waals surface area contributed by atoms with Crippen molar-refractivity contribution in [3.05, 3.63) is 48.0 Å². The minimum Gasteiger partial charge on any atom is -0.345 e. The van der Waals surface area contributed by atoms with Gasteiger partial charge in [-0.3, -0.25) is 9.59 Å². The fraction of sp³-hybridized carbons (Fsp3) is 0.455. The summed E-state index contributed by atoms with van der Waals surface area (Å²) in [6.45, 7) is 1.74. The second-order valence-electron chi connectivity index (χ2n) is 8.32. The number of anilines is 1. The van der Waals surface area contributed by atoms with E-state index in [1.807, 2.05) is 0 Å². The zero-order valence-corrected chi connectivity index (χ0v) is 18.8. The number of hydrogen-bond donors (Lipinski definition) is 1. The number of hydrogen-bond acceptors (Lipinski definition) is 4. The van der Waals surface area contributed by atoms with Gasteiger partial charge in [0.25, 0.3) is 5.91 Å². The van der Waals surface area contributed by atoms with Gasteiger partial charge in [0, 0.05) is 45.3 Å². The molecule has 3 heterocycles. The molecular formula is C22H27FN4O4S. The molecule has 4 rings (SSSR count). The average molecular weight is 463 g/mol. The molecule has 2 aliphatic heterocycles. The number of nitrogens with one attached hydrogen (secondary N) is 1. The molecule has 1 aromatic carbocycles. The van der Waals surface area contributed by atoms with Gasteiger partial charge in [0.05, 0.1) is 5.69 Å². The predicted octanol–water partition coefficient (Wildman–Crippen LogP) is 2.44. The maximum absolute atomic E-state index is 13.8. The van der Waals surface area contributed by atoms with Crippen LogP contribution in [0, 0.1) is 11.7 Å². The molecule has 0 bridgehead atoms. The molecule has 0 atom stereocenters. The van der Waals surface area contributed by atoms with E-state index in [1.54, 1.807) is 28.6 Å². The highest BCUT2D eigenvalue weighted by atomic mass is 32.2. The Morgan fingerprint density at radius 1 is 1.06 bits per heavy atom. The molecule has 10 heteroatoms. The van der Waals surface area contributed by atoms with Crippen LogP contribution < -0.4 is 5.32 Å². The first-order valence-corrected chi connectivity index (χ1v) is 12.2. The number of sulfonamides is 1. The van der Waals surface area contributed by atoms with Crippen molar-refractivity contribution in [2.75, 3.05) is 31.5 Å². The van der Waals surface area contributed by atoms with Crippen molar-refractivity contribution in [3.8, 4) is 0 Å². The normalized spacial score (nSPS) is 18.1. The van der Waals surface area contributed by atoms with Crippen LogP contribution in [0.5, 0.6) is 0 Å². The Hall–Kier alpha value is -2.72. The number of aromatic nitrogens is 1. The molecule has 2 fully saturated rings. The Morgan fingerprint density at radius 3 is 2.38 bits per heavy atom. The molecule has 2 saturated heterocycles. The fourth-order valence-electron chi connectivity index (χ4n) is 4.27. The molecule has 2 amide bonds. The number of halogens is 1. The Kier molecular flexibility index (Phi) is 6.34. The van der Waals surface area contributed by atoms with E-state index in [9.17, 15) is 22.4 Å². The highest BCUT2D eigenvalue weighted by Crippen LogP contribution is 2.27. The lowest BCUT2D eigenvalue weighted by atomic mass is 9.97. The smallest absolute Gasteiger partial charge is 0.270 e. The zero-order chi connectivity index (χ0) is 22.9. The summed E-state index contributed by atoms with van der Waals surface area (Å²) in [7, 11) is -2.12. The van der Waals surface area contributed by atoms with Gasteiger partial charge in [0.2, 0.25) is 15.9 Å². The molecule has 8 nitrogen and oxygen atoms in total. The van der Waals surface area contributed by atoms with Gasteiger partial charge in [-0.25, -0.2) is 12.8 Å². The monoisotopic (exact) mass is 462 g/mol. The van der Waals surface area contributed by atoms with E-state index in [0.29, 0.717) is 31.6 Å². The van der Waals surface area contributed by atoms with Crippen molar-refractivity contribution in [1.82, 2.24) is 13.8 Å². The maximum Gasteiger partial charge on any atom is 0.270 e. The largest absolute Gasteiger partial charge is 0.345 e. The lowest BCUT2D eigenvalue weighted by Crippen LogP contribution is -2.41. The number of rotatable bonds is 5. The summed E-state index contributed by atoms with van der Waals surface area (Å²) in [5, 5.41) is 2.59. The van der Waals surface area contributed by atoms with Crippen LogP contribution in [0.25, 0.3) is 0 Å². The summed E-state index contributed by atoms with van der Waals surface area (Å²) in [5.41, 5.74) is 0.469. The van der Waals surface area contributed by atoms with Crippen LogP contribution >= 0.6 is 0 Å². The first kappa shape index (κ1) is 22.5. The summed E-state index contributed by atoms with van der Waals surface area (Å²) in [4.78, 5) is 27.0. The van der Waals surface area contributed by atoms with Crippen LogP contribution in [0.2, 0.25) is 0 Å². The topological polar surface area (TPSA) is 91.7 Å². The third kappa shape index (κ3) is 4.42. The Bertz CT molecular complexity index is 1120. The quantitative estimate of drug-likeness (QED) is 0.739. The van der Waals surface area contributed by atoms with Crippen molar-refractivity contribution in [1.29, 1.82) is 0 Å². The van der Waals surface area contributed by atoms with E-state index >= 15 is 0 Å². The van der Waals surface area contributed by atoms with Gasteiger partial charge in [-0.15, -0.1) is 0 Å². The number of carbonyl (C=O) groups excluding carboxylic acids is 2. The summed E-state index contributed by atoms with van der Waals surface area (Å²) in [5.74, 6) is -1.38. The Labute approximate surface area is 187 Å². The molecule has 1 aromatic heterocycles. The molecule has 32 heavy (non-hydrogen) atoms. The summed E-state index contributed by atoms with van der Waals surface area (Å²) in [6, 6.07) is 7.38. The Morgan fingerprint density at radius 2 is 1.72 bits per heavy atom. The van der Waals surface area contributed by atoms with Gasteiger partial charge in [-0.05, 0) is 43.9 Å². The fourth-order valence-corrected chi connectivity index (χ4v) is 5.82. The van der Waals surface area contributed by atoms with Gasteiger partial charge >= 0.3 is 0 Å². The van der Waals surface area contributed by atoms with E-state index in [4.69, 9.17) is 0 Å². The van der Waals surface area contributed by atoms with Crippen LogP contribution in [0.15, 0.2) is 41.4 Å². The molecule has 0 aliphatic carbocycles. The van der Waals surface area contributed by atoms with Crippen molar-refractivity contribution < 1.29 is 22.4 Å². The summed E-state index contributed by atoms with van der Waals surface area (Å²) < 4.78 is 43.0. The number of piperidine rings is 1. The standard InChI is InChI=1S/C22H27FN4O4S/c1-25-15-17(14-20(25)22(29)26-10-4-5-11-26)32(30,31)27-12-8-16(9-13-27)21(28)24-19-7-3-2-6-18(19)23/h2-3,6-7,14-16H,4-5,8-13H2,1H3,(H,24,28). The van der Waals surface area contributed by atoms with Crippen molar-refractivity contribution in [2.45, 2.75) is 30.6 Å². The van der Waals surface area contributed by atoms with Crippen LogP contribution in [0.1, 0.15) is 36.2 Å². The van der Waals surface area contributed by atoms with Crippen molar-refractivity contribution in [2.24, 2.45) is 13.0 Å². The van der Waals surface area contributed by atoms with E-state index in [-0.39, 0.29) is 35.5 Å². The summed E-state index contributed by atoms with van der Waals surface area (Å²) in [6.07, 6.45) is 4.06. The molecular weight excluding hydrogens is 435 g/mol. The van der Waals surface area contributed by atoms with Gasteiger partial charge in [-0.2, -0.15) is 4.31 Å². The maximum atomic E-state index is 13.8. The number of likely N-dealkylation sites (tertiary alicyclic amines) is 1. The highest BCUT2D eigenvalue weighted by Gasteiger charge is 2.34. The van der Waals surface area contributed by atoms with E-state index in [2.05, 4.69) is 5.32 Å². The molecule has 2 aromatic rings. The van der Waals surface area contributed by atoms with Gasteiger partial charge in [0.1, 0.15) is 16.4 Å². The lowest BCUT2D eigenvalue weighted by molar-refractivity contribution is -0.120. The van der Waals surface area contributed by atoms with Crippen LogP contribution in [-0.2, 0) is 21.9 Å². The number of benzene rings is 1. The van der Waals surface area contributed by atoms with Gasteiger partial charge in [-0.1, -0.05) is 12.1 Å². The van der Waals surface area contributed by atoms with E-state index < -0.39 is 21.8 Å². The lowest BCUT2D eigenvalue weighted by Gasteiger charge is -2.30. The third-order valence-electron chi connectivity index (χ3n) is 6.19. The highest BCUT2D eigenvalue weighted by molar-refractivity contribution is 7.89. The molecule has 0 saturated carbocycles. The second kappa shape index (κ2) is 9.03. The second-order valence-corrected chi connectivity index (χ2v) is 10.3. The van der Waals surface area contributed by atoms with Crippen LogP contribution in [-0.4, -0.2) is 60.2 Å². The number of para-hydroxylation sites is 1. The van der Waals surface area contributed by atoms with Gasteiger partial charge in [0.15, 0.2) is 0 Å². The minimum absolute atomic E-state index is 0.0804. The van der Waals surface area contributed by atoms with Crippen molar-refractivity contribution >= 4 is 27.5 Å². The zero-order valence-electron chi connectivity index (χ0n) is 18.0. The predicted molar refractivity (Wildman–Crippen MR) is 117 cm³/mol. The first-order valence-electron chi connectivity index (χ1n) is 10.8. The minimum atomic E-state index is -3.79. The average Bonchev–Trinajstić information content (AvgIpc) is 3.45. The number of aryl methyl sites for hydroxylation is 1. The van der Waals surface area contributed by atoms with E-state index in [1.165, 1.54) is 28.7 Å². The molecule has 2 aliphatic rings. The van der Waals surface area contributed by atoms with E-state index in [0.717, 1.165) is 12.8 Å². The van der Waals surface area contributed by atoms with Crippen LogP contribution in [0.3, 0.4) is 0 Å². The SMILES string of the molecule is Cn1cc(S(=O)(=O)N2CCC(C(=O)Nc3ccccc3F)CC2)cc1C(=O)N1CCCC1.